The highest BCUT2D eigenvalue weighted by atomic mass is 79.9. The second-order valence-electron chi connectivity index (χ2n) is 6.48. The summed E-state index contributed by atoms with van der Waals surface area (Å²) in [6.07, 6.45) is 6.69. The van der Waals surface area contributed by atoms with Gasteiger partial charge in [0.15, 0.2) is 0 Å². The van der Waals surface area contributed by atoms with Gasteiger partial charge in [-0.05, 0) is 47.2 Å². The summed E-state index contributed by atoms with van der Waals surface area (Å²) in [5, 5.41) is 8.86. The molecule has 1 N–H and O–H groups in total. The third-order valence-electron chi connectivity index (χ3n) is 4.78. The fourth-order valence-corrected chi connectivity index (χ4v) is 4.46. The van der Waals surface area contributed by atoms with Gasteiger partial charge in [-0.1, -0.05) is 24.2 Å². The number of hydrogen-bond acceptors (Lipinski definition) is 5. The maximum absolute atomic E-state index is 12.6. The average molecular weight is 428 g/mol. The summed E-state index contributed by atoms with van der Waals surface area (Å²) in [5.74, 6) is 0.635. The van der Waals surface area contributed by atoms with Crippen LogP contribution in [0.5, 0.6) is 0 Å². The Kier molecular flexibility index (Phi) is 6.24. The number of carbonyl (C=O) groups is 1. The quantitative estimate of drug-likeness (QED) is 0.718. The molecule has 0 saturated carbocycles. The first kappa shape index (κ1) is 18.5. The number of hydrogen-bond donors (Lipinski definition) is 1. The summed E-state index contributed by atoms with van der Waals surface area (Å²) < 4.78 is 2.32. The van der Waals surface area contributed by atoms with Gasteiger partial charge in [0.2, 0.25) is 5.91 Å². The number of piperidine rings is 1. The molecule has 0 bridgehead atoms. The van der Waals surface area contributed by atoms with Crippen molar-refractivity contribution in [1.82, 2.24) is 14.5 Å². The van der Waals surface area contributed by atoms with E-state index in [2.05, 4.69) is 20.9 Å². The zero-order valence-electron chi connectivity index (χ0n) is 14.0. The maximum atomic E-state index is 12.6. The molecule has 1 aliphatic rings. The summed E-state index contributed by atoms with van der Waals surface area (Å²) in [7, 11) is 0. The molecule has 25 heavy (non-hydrogen) atoms. The molecule has 1 fully saturated rings. The zero-order chi connectivity index (χ0) is 17.8. The molecule has 1 amide bonds. The van der Waals surface area contributed by atoms with Crippen molar-refractivity contribution in [2.75, 3.05) is 19.7 Å². The van der Waals surface area contributed by atoms with Crippen molar-refractivity contribution in [2.45, 2.75) is 38.6 Å². The van der Waals surface area contributed by atoms with Gasteiger partial charge in [-0.25, -0.2) is 4.98 Å². The standard InChI is InChI=1S/C17H22BrN3O3S/c18-13-9-14-16(19-10-13)25-17(24)21(14)11-15(23)20-6-4-12(5-7-20)3-1-2-8-22/h9-10,12,22H,1-8,11H2. The minimum absolute atomic E-state index is 0.00409. The molecule has 6 nitrogen and oxygen atoms in total. The van der Waals surface area contributed by atoms with E-state index >= 15 is 0 Å². The fraction of sp³-hybridized carbons (Fsp3) is 0.588. The van der Waals surface area contributed by atoms with Gasteiger partial charge in [0.1, 0.15) is 11.4 Å². The van der Waals surface area contributed by atoms with Crippen molar-refractivity contribution in [2.24, 2.45) is 5.92 Å². The maximum Gasteiger partial charge on any atom is 0.310 e. The Labute approximate surface area is 158 Å². The Balaban J connectivity index is 1.61. The number of aliphatic hydroxyl groups is 1. The largest absolute Gasteiger partial charge is 0.396 e. The van der Waals surface area contributed by atoms with E-state index in [4.69, 9.17) is 5.11 Å². The van der Waals surface area contributed by atoms with Crippen molar-refractivity contribution in [3.63, 3.8) is 0 Å². The Morgan fingerprint density at radius 2 is 2.12 bits per heavy atom. The van der Waals surface area contributed by atoms with Crippen LogP contribution < -0.4 is 4.87 Å². The molecule has 0 aromatic carbocycles. The van der Waals surface area contributed by atoms with Gasteiger partial charge in [-0.3, -0.25) is 14.2 Å². The first-order chi connectivity index (χ1) is 12.1. The van der Waals surface area contributed by atoms with Crippen LogP contribution in [-0.2, 0) is 11.3 Å². The number of rotatable bonds is 6. The summed E-state index contributed by atoms with van der Waals surface area (Å²) in [6, 6.07) is 1.83. The number of thiazole rings is 1. The molecule has 0 unspecified atom stereocenters. The molecule has 3 heterocycles. The van der Waals surface area contributed by atoms with E-state index in [9.17, 15) is 9.59 Å². The second kappa shape index (κ2) is 8.42. The van der Waals surface area contributed by atoms with Gasteiger partial charge in [0, 0.05) is 30.4 Å². The van der Waals surface area contributed by atoms with Crippen molar-refractivity contribution >= 4 is 43.5 Å². The molecule has 3 rings (SSSR count). The van der Waals surface area contributed by atoms with Gasteiger partial charge < -0.3 is 10.0 Å². The van der Waals surface area contributed by atoms with Crippen LogP contribution in [0, 0.1) is 5.92 Å². The second-order valence-corrected chi connectivity index (χ2v) is 8.33. The molecule has 136 valence electrons. The Bertz CT molecular complexity index is 796. The van der Waals surface area contributed by atoms with Gasteiger partial charge in [0.25, 0.3) is 0 Å². The fourth-order valence-electron chi connectivity index (χ4n) is 3.33. The molecular formula is C17H22BrN3O3S. The minimum atomic E-state index is -0.146. The van der Waals surface area contributed by atoms with E-state index in [0.717, 1.165) is 61.0 Å². The molecule has 8 heteroatoms. The number of pyridine rings is 1. The highest BCUT2D eigenvalue weighted by molar-refractivity contribution is 9.10. The van der Waals surface area contributed by atoms with Crippen LogP contribution in [0.2, 0.25) is 0 Å². The van der Waals surface area contributed by atoms with Crippen molar-refractivity contribution in [1.29, 1.82) is 0 Å². The Hall–Kier alpha value is -1.25. The number of carbonyl (C=O) groups excluding carboxylic acids is 1. The number of likely N-dealkylation sites (tertiary alicyclic amines) is 1. The number of amides is 1. The molecular weight excluding hydrogens is 406 g/mol. The van der Waals surface area contributed by atoms with Crippen LogP contribution in [0.25, 0.3) is 10.3 Å². The van der Waals surface area contributed by atoms with Crippen molar-refractivity contribution in [3.8, 4) is 0 Å². The van der Waals surface area contributed by atoms with Crippen LogP contribution in [0.1, 0.15) is 32.1 Å². The first-order valence-electron chi connectivity index (χ1n) is 8.62. The average Bonchev–Trinajstić information content (AvgIpc) is 2.91. The lowest BCUT2D eigenvalue weighted by molar-refractivity contribution is -0.133. The van der Waals surface area contributed by atoms with E-state index in [1.807, 2.05) is 11.0 Å². The number of aromatic nitrogens is 2. The minimum Gasteiger partial charge on any atom is -0.396 e. The molecule has 1 aliphatic heterocycles. The lowest BCUT2D eigenvalue weighted by Gasteiger charge is -2.32. The summed E-state index contributed by atoms with van der Waals surface area (Å²) in [4.78, 5) is 31.4. The molecule has 0 radical (unpaired) electrons. The van der Waals surface area contributed by atoms with E-state index < -0.39 is 0 Å². The summed E-state index contributed by atoms with van der Waals surface area (Å²) >= 11 is 4.44. The predicted octanol–water partition coefficient (Wildman–Crippen LogP) is 2.62. The van der Waals surface area contributed by atoms with E-state index in [1.165, 1.54) is 4.57 Å². The van der Waals surface area contributed by atoms with Gasteiger partial charge in [-0.15, -0.1) is 0 Å². The van der Waals surface area contributed by atoms with Crippen LogP contribution in [-0.4, -0.2) is 45.2 Å². The summed E-state index contributed by atoms with van der Waals surface area (Å²) in [6.45, 7) is 1.83. The normalized spacial score (nSPS) is 15.8. The van der Waals surface area contributed by atoms with Crippen LogP contribution in [0.15, 0.2) is 21.5 Å². The summed E-state index contributed by atoms with van der Waals surface area (Å²) in [5.41, 5.74) is 0.705. The lowest BCUT2D eigenvalue weighted by Crippen LogP contribution is -2.41. The Morgan fingerprint density at radius 3 is 2.84 bits per heavy atom. The highest BCUT2D eigenvalue weighted by Gasteiger charge is 2.23. The first-order valence-corrected chi connectivity index (χ1v) is 10.2. The van der Waals surface area contributed by atoms with Crippen LogP contribution in [0.3, 0.4) is 0 Å². The number of halogens is 1. The molecule has 0 spiro atoms. The monoisotopic (exact) mass is 427 g/mol. The highest BCUT2D eigenvalue weighted by Crippen LogP contribution is 2.23. The molecule has 1 saturated heterocycles. The number of nitrogens with zero attached hydrogens (tertiary/aromatic N) is 3. The topological polar surface area (TPSA) is 75.4 Å². The molecule has 2 aromatic heterocycles. The van der Waals surface area contributed by atoms with Crippen molar-refractivity contribution < 1.29 is 9.90 Å². The van der Waals surface area contributed by atoms with Gasteiger partial charge in [-0.2, -0.15) is 0 Å². The van der Waals surface area contributed by atoms with Gasteiger partial charge in [0.05, 0.1) is 5.52 Å². The van der Waals surface area contributed by atoms with E-state index in [1.54, 1.807) is 6.20 Å². The zero-order valence-corrected chi connectivity index (χ0v) is 16.4. The van der Waals surface area contributed by atoms with Crippen LogP contribution in [0.4, 0.5) is 0 Å². The van der Waals surface area contributed by atoms with Crippen molar-refractivity contribution in [3.05, 3.63) is 26.4 Å². The van der Waals surface area contributed by atoms with Gasteiger partial charge >= 0.3 is 4.87 Å². The number of unbranched alkanes of at least 4 members (excludes halogenated alkanes) is 1. The third-order valence-corrected chi connectivity index (χ3v) is 6.11. The predicted molar refractivity (Wildman–Crippen MR) is 102 cm³/mol. The smallest absolute Gasteiger partial charge is 0.310 e. The van der Waals surface area contributed by atoms with Crippen LogP contribution >= 0.6 is 27.3 Å². The molecule has 0 aliphatic carbocycles. The van der Waals surface area contributed by atoms with E-state index in [-0.39, 0.29) is 23.9 Å². The molecule has 2 aromatic rings. The Morgan fingerprint density at radius 1 is 1.36 bits per heavy atom. The molecule has 0 atom stereocenters. The SMILES string of the molecule is O=C(Cn1c(=O)sc2ncc(Br)cc21)N1CCC(CCCCO)CC1. The third kappa shape index (κ3) is 4.48. The lowest BCUT2D eigenvalue weighted by atomic mass is 9.91. The van der Waals surface area contributed by atoms with E-state index in [0.29, 0.717) is 16.3 Å². The number of aliphatic hydroxyl groups excluding tert-OH is 1. The number of fused-ring (bicyclic) bond motifs is 1.